The van der Waals surface area contributed by atoms with Gasteiger partial charge in [-0.05, 0) is 50.2 Å². The average molecular weight is 521 g/mol. The lowest BCUT2D eigenvalue weighted by Crippen LogP contribution is -2.43. The normalized spacial score (nSPS) is 11.7. The Morgan fingerprint density at radius 2 is 1.86 bits per heavy atom. The highest BCUT2D eigenvalue weighted by Crippen LogP contribution is 2.29. The molecule has 0 aliphatic heterocycles. The minimum atomic E-state index is 0. The van der Waals surface area contributed by atoms with Crippen molar-refractivity contribution < 1.29 is 14.6 Å². The SMILES string of the molecule is CCNC(=NCc1ccc(C)cc1OCCOC)NCC(CC)(CC)CCO.I. The minimum Gasteiger partial charge on any atom is -0.491 e. The fourth-order valence-electron chi connectivity index (χ4n) is 3.12. The highest BCUT2D eigenvalue weighted by atomic mass is 127. The molecule has 0 atom stereocenters. The van der Waals surface area contributed by atoms with Gasteiger partial charge in [0.25, 0.3) is 0 Å². The van der Waals surface area contributed by atoms with E-state index in [2.05, 4.69) is 50.5 Å². The van der Waals surface area contributed by atoms with E-state index in [1.165, 1.54) is 0 Å². The Bertz CT molecular complexity index is 593. The number of hydrogen-bond donors (Lipinski definition) is 3. The number of methoxy groups -OCH3 is 1. The number of nitrogens with one attached hydrogen (secondary N) is 2. The smallest absolute Gasteiger partial charge is 0.191 e. The number of aliphatic hydroxyl groups excluding tert-OH is 1. The van der Waals surface area contributed by atoms with Crippen molar-refractivity contribution in [2.75, 3.05) is 40.0 Å². The van der Waals surface area contributed by atoms with Gasteiger partial charge < -0.3 is 25.2 Å². The van der Waals surface area contributed by atoms with Crippen LogP contribution in [0.4, 0.5) is 0 Å². The lowest BCUT2D eigenvalue weighted by molar-refractivity contribution is 0.145. The van der Waals surface area contributed by atoms with Crippen LogP contribution in [0, 0.1) is 12.3 Å². The lowest BCUT2D eigenvalue weighted by atomic mass is 9.79. The topological polar surface area (TPSA) is 75.1 Å². The van der Waals surface area contributed by atoms with Crippen LogP contribution in [-0.4, -0.2) is 51.1 Å². The zero-order valence-corrected chi connectivity index (χ0v) is 21.0. The quantitative estimate of drug-likeness (QED) is 0.159. The molecular weight excluding hydrogens is 481 g/mol. The second-order valence-electron chi connectivity index (χ2n) is 7.18. The predicted molar refractivity (Wildman–Crippen MR) is 132 cm³/mol. The molecule has 0 unspecified atom stereocenters. The first-order chi connectivity index (χ1) is 13.5. The van der Waals surface area contributed by atoms with Gasteiger partial charge in [-0.3, -0.25) is 0 Å². The fraction of sp³-hybridized carbons (Fsp3) is 0.682. The number of aryl methyl sites for hydroxylation is 1. The molecule has 6 nitrogen and oxygen atoms in total. The maximum Gasteiger partial charge on any atom is 0.191 e. The van der Waals surface area contributed by atoms with E-state index in [-0.39, 0.29) is 36.0 Å². The third kappa shape index (κ3) is 10.00. The number of aliphatic hydroxyl groups is 1. The van der Waals surface area contributed by atoms with Crippen molar-refractivity contribution in [3.63, 3.8) is 0 Å². The van der Waals surface area contributed by atoms with Crippen molar-refractivity contribution in [2.45, 2.75) is 53.5 Å². The summed E-state index contributed by atoms with van der Waals surface area (Å²) in [6.07, 6.45) is 2.83. The van der Waals surface area contributed by atoms with Crippen molar-refractivity contribution in [1.29, 1.82) is 0 Å². The van der Waals surface area contributed by atoms with Gasteiger partial charge in [-0.2, -0.15) is 0 Å². The van der Waals surface area contributed by atoms with E-state index in [0.717, 1.165) is 55.2 Å². The Hall–Kier alpha value is -1.06. The van der Waals surface area contributed by atoms with Gasteiger partial charge in [0.05, 0.1) is 13.2 Å². The monoisotopic (exact) mass is 521 g/mol. The maximum absolute atomic E-state index is 9.43. The predicted octanol–water partition coefficient (Wildman–Crippen LogP) is 3.88. The minimum absolute atomic E-state index is 0. The molecule has 1 aromatic carbocycles. The van der Waals surface area contributed by atoms with Crippen LogP contribution in [0.25, 0.3) is 0 Å². The van der Waals surface area contributed by atoms with E-state index in [1.807, 2.05) is 6.07 Å². The first kappa shape index (κ1) is 27.9. The summed E-state index contributed by atoms with van der Waals surface area (Å²) >= 11 is 0. The summed E-state index contributed by atoms with van der Waals surface area (Å²) in [5.41, 5.74) is 2.29. The Morgan fingerprint density at radius 1 is 1.14 bits per heavy atom. The van der Waals surface area contributed by atoms with Gasteiger partial charge >= 0.3 is 0 Å². The van der Waals surface area contributed by atoms with Crippen LogP contribution in [0.5, 0.6) is 5.75 Å². The van der Waals surface area contributed by atoms with Crippen LogP contribution in [0.2, 0.25) is 0 Å². The van der Waals surface area contributed by atoms with Crippen LogP contribution >= 0.6 is 24.0 Å². The maximum atomic E-state index is 9.43. The van der Waals surface area contributed by atoms with E-state index < -0.39 is 0 Å². The van der Waals surface area contributed by atoms with Crippen molar-refractivity contribution in [2.24, 2.45) is 10.4 Å². The molecule has 0 saturated carbocycles. The molecule has 0 aliphatic carbocycles. The third-order valence-electron chi connectivity index (χ3n) is 5.29. The van der Waals surface area contributed by atoms with E-state index in [1.54, 1.807) is 7.11 Å². The molecule has 1 aromatic rings. The van der Waals surface area contributed by atoms with Gasteiger partial charge in [-0.1, -0.05) is 26.0 Å². The number of ether oxygens (including phenoxy) is 2. The van der Waals surface area contributed by atoms with Gasteiger partial charge in [0.1, 0.15) is 12.4 Å². The summed E-state index contributed by atoms with van der Waals surface area (Å²) < 4.78 is 10.9. The Kier molecular flexibility index (Phi) is 15.2. The summed E-state index contributed by atoms with van der Waals surface area (Å²) in [5, 5.41) is 16.2. The summed E-state index contributed by atoms with van der Waals surface area (Å²) in [5.74, 6) is 1.64. The molecule has 7 heteroatoms. The van der Waals surface area contributed by atoms with Gasteiger partial charge in [0.15, 0.2) is 5.96 Å². The first-order valence-corrected chi connectivity index (χ1v) is 10.4. The number of nitrogens with zero attached hydrogens (tertiary/aromatic N) is 1. The second-order valence-corrected chi connectivity index (χ2v) is 7.18. The number of aliphatic imine (C=N–C) groups is 1. The zero-order valence-electron chi connectivity index (χ0n) is 18.7. The standard InChI is InChI=1S/C22H39N3O3.HI/c1-6-22(7-2,11-12-26)17-25-21(23-8-3)24-16-19-10-9-18(4)15-20(19)28-14-13-27-5;/h9-10,15,26H,6-8,11-14,16-17H2,1-5H3,(H2,23,24,25);1H. The average Bonchev–Trinajstić information content (AvgIpc) is 2.70. The Labute approximate surface area is 193 Å². The van der Waals surface area contributed by atoms with E-state index >= 15 is 0 Å². The lowest BCUT2D eigenvalue weighted by Gasteiger charge is -2.32. The van der Waals surface area contributed by atoms with Crippen LogP contribution < -0.4 is 15.4 Å². The van der Waals surface area contributed by atoms with Crippen LogP contribution in [0.3, 0.4) is 0 Å². The molecule has 0 aliphatic rings. The van der Waals surface area contributed by atoms with E-state index in [4.69, 9.17) is 14.5 Å². The third-order valence-corrected chi connectivity index (χ3v) is 5.29. The van der Waals surface area contributed by atoms with Crippen molar-refractivity contribution in [3.8, 4) is 5.75 Å². The molecule has 3 N–H and O–H groups in total. The Balaban J connectivity index is 0.00000784. The van der Waals surface area contributed by atoms with Gasteiger partial charge in [0.2, 0.25) is 0 Å². The molecule has 29 heavy (non-hydrogen) atoms. The molecule has 0 spiro atoms. The largest absolute Gasteiger partial charge is 0.491 e. The molecule has 0 amide bonds. The fourth-order valence-corrected chi connectivity index (χ4v) is 3.12. The van der Waals surface area contributed by atoms with Crippen LogP contribution in [-0.2, 0) is 11.3 Å². The van der Waals surface area contributed by atoms with Gasteiger partial charge in [-0.25, -0.2) is 4.99 Å². The highest BCUT2D eigenvalue weighted by molar-refractivity contribution is 14.0. The number of hydrogen-bond acceptors (Lipinski definition) is 4. The van der Waals surface area contributed by atoms with Crippen LogP contribution in [0.1, 0.15) is 51.2 Å². The van der Waals surface area contributed by atoms with Crippen molar-refractivity contribution >= 4 is 29.9 Å². The van der Waals surface area contributed by atoms with Gasteiger partial charge in [-0.15, -0.1) is 24.0 Å². The summed E-state index contributed by atoms with van der Waals surface area (Å²) in [4.78, 5) is 4.75. The summed E-state index contributed by atoms with van der Waals surface area (Å²) in [6, 6.07) is 6.19. The van der Waals surface area contributed by atoms with E-state index in [0.29, 0.717) is 19.8 Å². The number of rotatable bonds is 13. The first-order valence-electron chi connectivity index (χ1n) is 10.4. The molecule has 0 aromatic heterocycles. The summed E-state index contributed by atoms with van der Waals surface area (Å²) in [6.45, 7) is 11.9. The molecule has 168 valence electrons. The van der Waals surface area contributed by atoms with Crippen molar-refractivity contribution in [3.05, 3.63) is 29.3 Å². The summed E-state index contributed by atoms with van der Waals surface area (Å²) in [7, 11) is 1.67. The number of guanidine groups is 1. The molecule has 0 bridgehead atoms. The molecule has 0 heterocycles. The molecular formula is C22H40IN3O3. The van der Waals surface area contributed by atoms with Crippen molar-refractivity contribution in [1.82, 2.24) is 10.6 Å². The molecule has 0 radical (unpaired) electrons. The molecule has 1 rings (SSSR count). The van der Waals surface area contributed by atoms with Crippen LogP contribution in [0.15, 0.2) is 23.2 Å². The number of benzene rings is 1. The van der Waals surface area contributed by atoms with Gasteiger partial charge in [0, 0.05) is 32.4 Å². The molecule has 0 saturated heterocycles. The Morgan fingerprint density at radius 3 is 2.45 bits per heavy atom. The second kappa shape index (κ2) is 15.7. The van der Waals surface area contributed by atoms with E-state index in [9.17, 15) is 5.11 Å². The molecule has 0 fully saturated rings. The highest BCUT2D eigenvalue weighted by Gasteiger charge is 2.25. The number of halogens is 1. The zero-order chi connectivity index (χ0) is 20.8.